The van der Waals surface area contributed by atoms with Crippen LogP contribution < -0.4 is 10.0 Å². The zero-order valence-corrected chi connectivity index (χ0v) is 12.6. The molecule has 18 heavy (non-hydrogen) atoms. The second-order valence-corrected chi connectivity index (χ2v) is 6.82. The highest BCUT2D eigenvalue weighted by atomic mass is 79.9. The summed E-state index contributed by atoms with van der Waals surface area (Å²) in [5, 5.41) is 2.99. The molecule has 102 valence electrons. The number of hydrogen-bond donors (Lipinski definition) is 2. The normalized spacial score (nSPS) is 11.8. The van der Waals surface area contributed by atoms with E-state index in [4.69, 9.17) is 0 Å². The van der Waals surface area contributed by atoms with E-state index < -0.39 is 15.8 Å². The van der Waals surface area contributed by atoms with Crippen LogP contribution in [0.4, 0.5) is 10.1 Å². The number of nitrogens with one attached hydrogen (secondary N) is 2. The van der Waals surface area contributed by atoms with Crippen LogP contribution in [0.5, 0.6) is 0 Å². The maximum Gasteiger partial charge on any atom is 0.234 e. The molecule has 0 bridgehead atoms. The molecule has 0 spiro atoms. The summed E-state index contributed by atoms with van der Waals surface area (Å²) in [5.74, 6) is -0.712. The zero-order chi connectivity index (χ0) is 13.8. The molecule has 4 nitrogen and oxygen atoms in total. The van der Waals surface area contributed by atoms with Crippen molar-refractivity contribution in [1.82, 2.24) is 5.32 Å². The molecule has 2 N–H and O–H groups in total. The fourth-order valence-corrected chi connectivity index (χ4v) is 2.86. The summed E-state index contributed by atoms with van der Waals surface area (Å²) in [4.78, 5) is 0. The number of sulfonamides is 1. The summed E-state index contributed by atoms with van der Waals surface area (Å²) < 4.78 is 39.6. The van der Waals surface area contributed by atoms with Crippen LogP contribution in [0.2, 0.25) is 0 Å². The second kappa shape index (κ2) is 6.49. The fourth-order valence-electron chi connectivity index (χ4n) is 1.28. The molecule has 0 radical (unpaired) electrons. The van der Waals surface area contributed by atoms with Crippen LogP contribution in [0.3, 0.4) is 0 Å². The smallest absolute Gasteiger partial charge is 0.234 e. The van der Waals surface area contributed by atoms with E-state index in [1.807, 2.05) is 13.8 Å². The summed E-state index contributed by atoms with van der Waals surface area (Å²) in [6.45, 7) is 4.17. The van der Waals surface area contributed by atoms with E-state index in [2.05, 4.69) is 26.0 Å². The highest BCUT2D eigenvalue weighted by Gasteiger charge is 2.15. The van der Waals surface area contributed by atoms with Crippen LogP contribution >= 0.6 is 15.9 Å². The van der Waals surface area contributed by atoms with Crippen LogP contribution in [0, 0.1) is 5.82 Å². The Kier molecular flexibility index (Phi) is 5.55. The lowest BCUT2D eigenvalue weighted by Gasteiger charge is -2.12. The Morgan fingerprint density at radius 1 is 1.39 bits per heavy atom. The van der Waals surface area contributed by atoms with Crippen molar-refractivity contribution in [2.75, 3.05) is 17.0 Å². The van der Waals surface area contributed by atoms with Gasteiger partial charge in [-0.2, -0.15) is 0 Å². The molecular weight excluding hydrogens is 323 g/mol. The minimum atomic E-state index is -3.56. The van der Waals surface area contributed by atoms with Gasteiger partial charge in [0, 0.05) is 17.1 Å². The molecule has 0 saturated heterocycles. The van der Waals surface area contributed by atoms with E-state index in [0.29, 0.717) is 11.0 Å². The Labute approximate surface area is 115 Å². The Morgan fingerprint density at radius 2 is 2.06 bits per heavy atom. The highest BCUT2D eigenvalue weighted by Crippen LogP contribution is 2.25. The fraction of sp³-hybridized carbons (Fsp3) is 0.455. The van der Waals surface area contributed by atoms with Crippen molar-refractivity contribution in [3.8, 4) is 0 Å². The summed E-state index contributed by atoms with van der Waals surface area (Å²) >= 11 is 3.11. The van der Waals surface area contributed by atoms with E-state index in [-0.39, 0.29) is 17.5 Å². The quantitative estimate of drug-likeness (QED) is 0.836. The molecule has 1 rings (SSSR count). The van der Waals surface area contributed by atoms with E-state index in [1.54, 1.807) is 6.07 Å². The summed E-state index contributed by atoms with van der Waals surface area (Å²) in [6, 6.07) is 4.49. The maximum atomic E-state index is 13.5. The average molecular weight is 339 g/mol. The number of benzene rings is 1. The van der Waals surface area contributed by atoms with Crippen molar-refractivity contribution in [2.24, 2.45) is 0 Å². The van der Waals surface area contributed by atoms with Gasteiger partial charge >= 0.3 is 0 Å². The zero-order valence-electron chi connectivity index (χ0n) is 10.2. The molecule has 0 aliphatic heterocycles. The van der Waals surface area contributed by atoms with E-state index in [1.165, 1.54) is 12.1 Å². The number of rotatable bonds is 6. The lowest BCUT2D eigenvalue weighted by atomic mass is 10.3. The van der Waals surface area contributed by atoms with Gasteiger partial charge in [0.2, 0.25) is 10.0 Å². The van der Waals surface area contributed by atoms with Crippen LogP contribution in [0.1, 0.15) is 13.8 Å². The molecule has 0 aliphatic rings. The molecule has 0 aromatic heterocycles. The average Bonchev–Trinajstić information content (AvgIpc) is 2.23. The first-order valence-corrected chi connectivity index (χ1v) is 7.94. The van der Waals surface area contributed by atoms with Gasteiger partial charge < -0.3 is 5.32 Å². The Morgan fingerprint density at radius 3 is 2.61 bits per heavy atom. The lowest BCUT2D eigenvalue weighted by molar-refractivity contribution is 0.580. The second-order valence-electron chi connectivity index (χ2n) is 4.13. The lowest BCUT2D eigenvalue weighted by Crippen LogP contribution is -2.31. The van der Waals surface area contributed by atoms with Crippen molar-refractivity contribution in [3.05, 3.63) is 28.5 Å². The summed E-state index contributed by atoms with van der Waals surface area (Å²) in [6.07, 6.45) is 0. The predicted octanol–water partition coefficient (Wildman–Crippen LogP) is 2.33. The van der Waals surface area contributed by atoms with Gasteiger partial charge in [-0.3, -0.25) is 4.72 Å². The van der Waals surface area contributed by atoms with Crippen molar-refractivity contribution < 1.29 is 12.8 Å². The van der Waals surface area contributed by atoms with Gasteiger partial charge in [0.25, 0.3) is 0 Å². The third kappa shape index (κ3) is 4.91. The van der Waals surface area contributed by atoms with Gasteiger partial charge in [0.15, 0.2) is 0 Å². The van der Waals surface area contributed by atoms with Crippen molar-refractivity contribution in [1.29, 1.82) is 0 Å². The van der Waals surface area contributed by atoms with Crippen LogP contribution in [0.25, 0.3) is 0 Å². The first kappa shape index (κ1) is 15.4. The standard InChI is InChI=1S/C11H16BrFN2O2S/c1-8(2)14-6-7-18(16,17)15-11-9(12)4-3-5-10(11)13/h3-5,8,14-15H,6-7H2,1-2H3. The van der Waals surface area contributed by atoms with Crippen LogP contribution in [0.15, 0.2) is 22.7 Å². The van der Waals surface area contributed by atoms with Gasteiger partial charge in [0.05, 0.1) is 11.4 Å². The SMILES string of the molecule is CC(C)NCCS(=O)(=O)Nc1c(F)cccc1Br. The third-order valence-corrected chi connectivity index (χ3v) is 4.06. The predicted molar refractivity (Wildman–Crippen MR) is 74.6 cm³/mol. The van der Waals surface area contributed by atoms with Gasteiger partial charge in [-0.1, -0.05) is 19.9 Å². The number of hydrogen-bond acceptors (Lipinski definition) is 3. The molecule has 1 aromatic carbocycles. The highest BCUT2D eigenvalue weighted by molar-refractivity contribution is 9.10. The van der Waals surface area contributed by atoms with Gasteiger partial charge in [0.1, 0.15) is 5.82 Å². The number of para-hydroxylation sites is 1. The van der Waals surface area contributed by atoms with Crippen molar-refractivity contribution in [3.63, 3.8) is 0 Å². The van der Waals surface area contributed by atoms with E-state index >= 15 is 0 Å². The topological polar surface area (TPSA) is 58.2 Å². The third-order valence-electron chi connectivity index (χ3n) is 2.14. The monoisotopic (exact) mass is 338 g/mol. The van der Waals surface area contributed by atoms with E-state index in [0.717, 1.165) is 0 Å². The maximum absolute atomic E-state index is 13.5. The molecule has 0 aliphatic carbocycles. The van der Waals surface area contributed by atoms with Crippen LogP contribution in [-0.4, -0.2) is 26.8 Å². The molecular formula is C11H16BrFN2O2S. The largest absolute Gasteiger partial charge is 0.313 e. The number of anilines is 1. The molecule has 0 saturated carbocycles. The molecule has 0 amide bonds. The Balaban J connectivity index is 2.71. The van der Waals surface area contributed by atoms with E-state index in [9.17, 15) is 12.8 Å². The Hall–Kier alpha value is -0.660. The molecule has 0 fully saturated rings. The minimum Gasteiger partial charge on any atom is -0.313 e. The first-order chi connectivity index (χ1) is 8.32. The first-order valence-electron chi connectivity index (χ1n) is 5.50. The van der Waals surface area contributed by atoms with Crippen LogP contribution in [-0.2, 0) is 10.0 Å². The van der Waals surface area contributed by atoms with Crippen molar-refractivity contribution in [2.45, 2.75) is 19.9 Å². The van der Waals surface area contributed by atoms with Gasteiger partial charge in [-0.05, 0) is 28.1 Å². The summed E-state index contributed by atoms with van der Waals surface area (Å²) in [5.41, 5.74) is -0.0537. The molecule has 0 unspecified atom stereocenters. The molecule has 0 heterocycles. The Bertz CT molecular complexity index is 486. The van der Waals surface area contributed by atoms with Gasteiger partial charge in [-0.15, -0.1) is 0 Å². The van der Waals surface area contributed by atoms with Crippen molar-refractivity contribution >= 4 is 31.6 Å². The molecule has 1 aromatic rings. The van der Waals surface area contributed by atoms with Gasteiger partial charge in [-0.25, -0.2) is 12.8 Å². The minimum absolute atomic E-state index is 0.0537. The molecule has 7 heteroatoms. The molecule has 0 atom stereocenters. The summed E-state index contributed by atoms with van der Waals surface area (Å²) in [7, 11) is -3.56. The number of halogens is 2.